The van der Waals surface area contributed by atoms with Gasteiger partial charge in [-0.3, -0.25) is 0 Å². The van der Waals surface area contributed by atoms with Crippen LogP contribution < -0.4 is 10.6 Å². The lowest BCUT2D eigenvalue weighted by atomic mass is 10.1. The topological polar surface area (TPSA) is 96.9 Å². The third kappa shape index (κ3) is 2.67. The molecule has 1 aliphatic rings. The van der Waals surface area contributed by atoms with Gasteiger partial charge in [0.15, 0.2) is 5.84 Å². The molecule has 0 amide bonds. The Morgan fingerprint density at radius 2 is 2.28 bits per heavy atom. The summed E-state index contributed by atoms with van der Waals surface area (Å²) < 4.78 is 5.33. The third-order valence-electron chi connectivity index (χ3n) is 3.07. The lowest BCUT2D eigenvalue weighted by Gasteiger charge is -2.31. The van der Waals surface area contributed by atoms with Crippen LogP contribution in [0.3, 0.4) is 0 Å². The zero-order valence-electron chi connectivity index (χ0n) is 10.3. The molecule has 0 aromatic carbocycles. The van der Waals surface area contributed by atoms with Crippen molar-refractivity contribution < 1.29 is 9.94 Å². The molecule has 2 rings (SSSR count). The average Bonchev–Trinajstić information content (AvgIpc) is 2.46. The molecule has 1 aliphatic heterocycles. The van der Waals surface area contributed by atoms with E-state index in [1.807, 2.05) is 11.9 Å². The molecule has 1 saturated heterocycles. The summed E-state index contributed by atoms with van der Waals surface area (Å²) in [4.78, 5) is 10.5. The van der Waals surface area contributed by atoms with Gasteiger partial charge in [-0.15, -0.1) is 0 Å². The van der Waals surface area contributed by atoms with Crippen molar-refractivity contribution in [2.75, 3.05) is 25.2 Å². The minimum Gasteiger partial charge on any atom is -0.409 e. The SMILES string of the molecule is CN(c1nccc(/C(N)=N/O)n1)C1CCOCC1. The number of ether oxygens (including phenoxy) is 1. The molecule has 98 valence electrons. The summed E-state index contributed by atoms with van der Waals surface area (Å²) in [5, 5.41) is 11.6. The normalized spacial score (nSPS) is 17.7. The molecule has 0 unspecified atom stereocenters. The van der Waals surface area contributed by atoms with E-state index in [9.17, 15) is 0 Å². The van der Waals surface area contributed by atoms with E-state index in [1.54, 1.807) is 12.3 Å². The van der Waals surface area contributed by atoms with Crippen molar-refractivity contribution in [2.24, 2.45) is 10.9 Å². The third-order valence-corrected chi connectivity index (χ3v) is 3.07. The fourth-order valence-corrected chi connectivity index (χ4v) is 1.95. The van der Waals surface area contributed by atoms with Crippen molar-refractivity contribution >= 4 is 11.8 Å². The molecule has 1 aromatic rings. The van der Waals surface area contributed by atoms with Crippen LogP contribution in [0.4, 0.5) is 5.95 Å². The highest BCUT2D eigenvalue weighted by molar-refractivity contribution is 5.95. The number of nitrogens with two attached hydrogens (primary N) is 1. The monoisotopic (exact) mass is 251 g/mol. The zero-order chi connectivity index (χ0) is 13.0. The van der Waals surface area contributed by atoms with E-state index >= 15 is 0 Å². The summed E-state index contributed by atoms with van der Waals surface area (Å²) >= 11 is 0. The number of anilines is 1. The van der Waals surface area contributed by atoms with Crippen LogP contribution in [-0.2, 0) is 4.74 Å². The van der Waals surface area contributed by atoms with Crippen molar-refractivity contribution in [2.45, 2.75) is 18.9 Å². The van der Waals surface area contributed by atoms with Gasteiger partial charge in [0.1, 0.15) is 5.69 Å². The second kappa shape index (κ2) is 5.63. The van der Waals surface area contributed by atoms with E-state index in [0.717, 1.165) is 26.1 Å². The highest BCUT2D eigenvalue weighted by Crippen LogP contribution is 2.17. The van der Waals surface area contributed by atoms with E-state index in [0.29, 0.717) is 17.7 Å². The first-order chi connectivity index (χ1) is 8.72. The van der Waals surface area contributed by atoms with E-state index in [2.05, 4.69) is 15.1 Å². The van der Waals surface area contributed by atoms with Crippen LogP contribution in [0.1, 0.15) is 18.5 Å². The molecule has 0 saturated carbocycles. The number of hydrogen-bond donors (Lipinski definition) is 2. The molecule has 2 heterocycles. The molecule has 0 bridgehead atoms. The van der Waals surface area contributed by atoms with Gasteiger partial charge in [0.05, 0.1) is 0 Å². The largest absolute Gasteiger partial charge is 0.409 e. The van der Waals surface area contributed by atoms with Gasteiger partial charge in [-0.1, -0.05) is 5.16 Å². The first-order valence-corrected chi connectivity index (χ1v) is 5.84. The molecule has 7 nitrogen and oxygen atoms in total. The summed E-state index contributed by atoms with van der Waals surface area (Å²) in [6.07, 6.45) is 3.51. The van der Waals surface area contributed by atoms with Crippen molar-refractivity contribution in [3.8, 4) is 0 Å². The molecule has 1 fully saturated rings. The number of oxime groups is 1. The molecular weight excluding hydrogens is 234 g/mol. The lowest BCUT2D eigenvalue weighted by molar-refractivity contribution is 0.0852. The average molecular weight is 251 g/mol. The lowest BCUT2D eigenvalue weighted by Crippen LogP contribution is -2.37. The van der Waals surface area contributed by atoms with E-state index in [1.165, 1.54) is 0 Å². The molecule has 0 atom stereocenters. The van der Waals surface area contributed by atoms with Crippen molar-refractivity contribution in [1.82, 2.24) is 9.97 Å². The number of nitrogens with zero attached hydrogens (tertiary/aromatic N) is 4. The van der Waals surface area contributed by atoms with Crippen LogP contribution in [0.2, 0.25) is 0 Å². The molecule has 7 heteroatoms. The number of hydrogen-bond acceptors (Lipinski definition) is 6. The van der Waals surface area contributed by atoms with Crippen molar-refractivity contribution in [1.29, 1.82) is 0 Å². The second-order valence-corrected chi connectivity index (χ2v) is 4.18. The molecule has 1 aromatic heterocycles. The van der Waals surface area contributed by atoms with Crippen LogP contribution >= 0.6 is 0 Å². The van der Waals surface area contributed by atoms with Crippen molar-refractivity contribution in [3.63, 3.8) is 0 Å². The molecule has 0 spiro atoms. The Balaban J connectivity index is 2.16. The minimum atomic E-state index is -0.0148. The predicted octanol–water partition coefficient (Wildman–Crippen LogP) is 0.186. The quantitative estimate of drug-likeness (QED) is 0.344. The molecule has 18 heavy (non-hydrogen) atoms. The first kappa shape index (κ1) is 12.6. The molecule has 3 N–H and O–H groups in total. The maximum absolute atomic E-state index is 8.64. The summed E-state index contributed by atoms with van der Waals surface area (Å²) in [5.41, 5.74) is 5.93. The summed E-state index contributed by atoms with van der Waals surface area (Å²) in [7, 11) is 1.95. The Labute approximate surface area is 105 Å². The smallest absolute Gasteiger partial charge is 0.225 e. The van der Waals surface area contributed by atoms with Gasteiger partial charge in [-0.05, 0) is 18.9 Å². The van der Waals surface area contributed by atoms with Crippen LogP contribution in [-0.4, -0.2) is 47.3 Å². The van der Waals surface area contributed by atoms with Gasteiger partial charge < -0.3 is 20.6 Å². The van der Waals surface area contributed by atoms with Crippen LogP contribution in [0.25, 0.3) is 0 Å². The summed E-state index contributed by atoms with van der Waals surface area (Å²) in [6, 6.07) is 1.97. The maximum atomic E-state index is 8.64. The Morgan fingerprint density at radius 3 is 2.94 bits per heavy atom. The first-order valence-electron chi connectivity index (χ1n) is 5.84. The van der Waals surface area contributed by atoms with Gasteiger partial charge in [0, 0.05) is 32.5 Å². The van der Waals surface area contributed by atoms with Gasteiger partial charge in [0.2, 0.25) is 5.95 Å². The van der Waals surface area contributed by atoms with E-state index in [4.69, 9.17) is 15.7 Å². The van der Waals surface area contributed by atoms with Gasteiger partial charge in [-0.25, -0.2) is 9.97 Å². The van der Waals surface area contributed by atoms with Gasteiger partial charge >= 0.3 is 0 Å². The highest BCUT2D eigenvalue weighted by Gasteiger charge is 2.20. The van der Waals surface area contributed by atoms with Crippen LogP contribution in [0.5, 0.6) is 0 Å². The Morgan fingerprint density at radius 1 is 1.56 bits per heavy atom. The number of rotatable bonds is 3. The van der Waals surface area contributed by atoms with Crippen LogP contribution in [0, 0.1) is 0 Å². The maximum Gasteiger partial charge on any atom is 0.225 e. The van der Waals surface area contributed by atoms with Crippen molar-refractivity contribution in [3.05, 3.63) is 18.0 Å². The zero-order valence-corrected chi connectivity index (χ0v) is 10.3. The Bertz CT molecular complexity index is 431. The van der Waals surface area contributed by atoms with E-state index in [-0.39, 0.29) is 5.84 Å². The fourth-order valence-electron chi connectivity index (χ4n) is 1.95. The van der Waals surface area contributed by atoms with E-state index < -0.39 is 0 Å². The highest BCUT2D eigenvalue weighted by atomic mass is 16.5. The summed E-state index contributed by atoms with van der Waals surface area (Å²) in [6.45, 7) is 1.52. The number of aromatic nitrogens is 2. The standard InChI is InChI=1S/C11H17N5O2/c1-16(8-3-6-18-7-4-8)11-13-5-2-9(14-11)10(12)15-17/h2,5,8,17H,3-4,6-7H2,1H3,(H2,12,15). The molecule has 0 aliphatic carbocycles. The Hall–Kier alpha value is -1.89. The fraction of sp³-hybridized carbons (Fsp3) is 0.545. The van der Waals surface area contributed by atoms with Gasteiger partial charge in [-0.2, -0.15) is 0 Å². The summed E-state index contributed by atoms with van der Waals surface area (Å²) in [5.74, 6) is 0.560. The predicted molar refractivity (Wildman–Crippen MR) is 66.8 cm³/mol. The Kier molecular flexibility index (Phi) is 3.93. The molecular formula is C11H17N5O2. The number of amidine groups is 1. The van der Waals surface area contributed by atoms with Crippen LogP contribution in [0.15, 0.2) is 17.4 Å². The van der Waals surface area contributed by atoms with Gasteiger partial charge in [0.25, 0.3) is 0 Å². The second-order valence-electron chi connectivity index (χ2n) is 4.18. The molecule has 0 radical (unpaired) electrons. The minimum absolute atomic E-state index is 0.0148.